The van der Waals surface area contributed by atoms with Crippen LogP contribution in [0.25, 0.3) is 0 Å². The molecule has 0 aliphatic carbocycles. The molecule has 0 saturated carbocycles. The van der Waals surface area contributed by atoms with E-state index in [4.69, 9.17) is 17.5 Å². The zero-order valence-electron chi connectivity index (χ0n) is 12.8. The van der Waals surface area contributed by atoms with Crippen LogP contribution in [0.5, 0.6) is 0 Å². The quantitative estimate of drug-likeness (QED) is 0.618. The van der Waals surface area contributed by atoms with E-state index in [1.165, 1.54) is 0 Å². The molecule has 20 heavy (non-hydrogen) atoms. The Kier molecular flexibility index (Phi) is 8.09. The third kappa shape index (κ3) is 6.56. The van der Waals surface area contributed by atoms with Crippen LogP contribution < -0.4 is 4.40 Å². The first kappa shape index (κ1) is 17.9. The molecule has 0 atom stereocenters. The van der Waals surface area contributed by atoms with Gasteiger partial charge in [0.25, 0.3) is 0 Å². The third-order valence-electron chi connectivity index (χ3n) is 2.77. The Morgan fingerprint density at radius 2 is 1.35 bits per heavy atom. The maximum atomic E-state index is 6.74. The van der Waals surface area contributed by atoms with Gasteiger partial charge in [0, 0.05) is 0 Å². The summed E-state index contributed by atoms with van der Waals surface area (Å²) in [7, 11) is 14.8. The van der Waals surface area contributed by atoms with Crippen LogP contribution in [0.3, 0.4) is 0 Å². The second-order valence-corrected chi connectivity index (χ2v) is 12.5. The number of rotatable bonds is 9. The molecule has 0 fully saturated rings. The van der Waals surface area contributed by atoms with Gasteiger partial charge in [0.2, 0.25) is 0 Å². The van der Waals surface area contributed by atoms with E-state index in [-0.39, 0.29) is 0 Å². The van der Waals surface area contributed by atoms with E-state index >= 15 is 0 Å². The molecule has 0 aliphatic rings. The van der Waals surface area contributed by atoms with Crippen molar-refractivity contribution < 1.29 is 7.53 Å². The van der Waals surface area contributed by atoms with E-state index in [0.717, 1.165) is 17.5 Å². The van der Waals surface area contributed by atoms with Gasteiger partial charge in [-0.1, -0.05) is 0 Å². The van der Waals surface area contributed by atoms with E-state index in [9.17, 15) is 0 Å². The summed E-state index contributed by atoms with van der Waals surface area (Å²) in [5, 5.41) is 0. The molecule has 114 valence electrons. The normalized spacial score (nSPS) is 12.3. The molecule has 4 nitrogen and oxygen atoms in total. The molecular weight excluding hydrogens is 336 g/mol. The molecule has 0 aliphatic heterocycles. The topological polar surface area (TPSA) is 24.9 Å². The van der Waals surface area contributed by atoms with Crippen molar-refractivity contribution in [2.45, 2.75) is 0 Å². The van der Waals surface area contributed by atoms with Gasteiger partial charge >= 0.3 is 130 Å². The summed E-state index contributed by atoms with van der Waals surface area (Å²) in [6.45, 7) is 2.86. The fourth-order valence-electron chi connectivity index (χ4n) is 1.56. The van der Waals surface area contributed by atoms with Crippen molar-refractivity contribution in [2.75, 3.05) is 54.5 Å². The molecule has 0 bridgehead atoms. The van der Waals surface area contributed by atoms with E-state index in [1.807, 2.05) is 58.5 Å². The summed E-state index contributed by atoms with van der Waals surface area (Å²) >= 11 is -3.41. The van der Waals surface area contributed by atoms with Gasteiger partial charge in [-0.2, -0.15) is 0 Å². The predicted molar refractivity (Wildman–Crippen MR) is 86.7 cm³/mol. The Morgan fingerprint density at radius 3 is 1.75 bits per heavy atom. The second-order valence-electron chi connectivity index (χ2n) is 5.21. The first-order valence-electron chi connectivity index (χ1n) is 6.76. The van der Waals surface area contributed by atoms with Crippen molar-refractivity contribution in [1.82, 2.24) is 9.80 Å². The molecule has 0 amide bonds. The molecule has 0 radical (unpaired) electrons. The second kappa shape index (κ2) is 9.02. The van der Waals surface area contributed by atoms with Crippen LogP contribution in [0.4, 0.5) is 0 Å². The molecule has 6 heteroatoms. The summed E-state index contributed by atoms with van der Waals surface area (Å²) in [6, 6.07) is 9.92. The Morgan fingerprint density at radius 1 is 0.900 bits per heavy atom. The molecule has 1 aromatic carbocycles. The number of hydrogen-bond donors (Lipinski definition) is 0. The van der Waals surface area contributed by atoms with Crippen molar-refractivity contribution in [3.63, 3.8) is 0 Å². The summed E-state index contributed by atoms with van der Waals surface area (Å²) in [6.07, 6.45) is 0. The summed E-state index contributed by atoms with van der Waals surface area (Å²) < 4.78 is 13.0. The van der Waals surface area contributed by atoms with Crippen molar-refractivity contribution >= 4 is 27.4 Å². The Bertz CT molecular complexity index is 363. The fraction of sp³-hybridized carbons (Fsp3) is 0.571. The molecule has 0 unspecified atom stereocenters. The minimum absolute atomic E-state index is 0.591. The fourth-order valence-corrected chi connectivity index (χ4v) is 6.62. The molecular formula is C14H25ClGeN2O2. The number of nitrogens with zero attached hydrogens (tertiary/aromatic N) is 2. The molecule has 1 rings (SSSR count). The molecule has 0 N–H and O–H groups in total. The third-order valence-corrected chi connectivity index (χ3v) is 9.60. The van der Waals surface area contributed by atoms with Crippen molar-refractivity contribution in [3.8, 4) is 0 Å². The van der Waals surface area contributed by atoms with Crippen LogP contribution in [0.1, 0.15) is 0 Å². The first-order chi connectivity index (χ1) is 9.44. The Hall–Kier alpha value is -0.107. The standard InChI is InChI=1S/C14H25ClGeN2O2/c1-17(2)10-12-19-16(15,20-13-11-18(3)4)14-8-6-5-7-9-14/h5-9H,10-13H2,1-4H3. The van der Waals surface area contributed by atoms with Crippen molar-refractivity contribution in [3.05, 3.63) is 30.3 Å². The first-order valence-corrected chi connectivity index (χ1v) is 12.3. The Labute approximate surface area is 129 Å². The molecule has 0 saturated heterocycles. The van der Waals surface area contributed by atoms with Gasteiger partial charge in [0.1, 0.15) is 0 Å². The molecule has 0 spiro atoms. The van der Waals surface area contributed by atoms with E-state index in [1.54, 1.807) is 0 Å². The van der Waals surface area contributed by atoms with Crippen LogP contribution in [0.15, 0.2) is 30.3 Å². The summed E-state index contributed by atoms with van der Waals surface area (Å²) in [4.78, 5) is 4.15. The monoisotopic (exact) mass is 362 g/mol. The van der Waals surface area contributed by atoms with Gasteiger partial charge < -0.3 is 0 Å². The van der Waals surface area contributed by atoms with E-state index < -0.39 is 13.0 Å². The minimum atomic E-state index is -3.41. The zero-order valence-corrected chi connectivity index (χ0v) is 15.7. The van der Waals surface area contributed by atoms with Gasteiger partial charge in [-0.3, -0.25) is 0 Å². The summed E-state index contributed by atoms with van der Waals surface area (Å²) in [5.74, 6) is 0. The van der Waals surface area contributed by atoms with Crippen LogP contribution in [0, 0.1) is 0 Å². The maximum absolute atomic E-state index is 6.74. The van der Waals surface area contributed by atoms with Gasteiger partial charge in [-0.25, -0.2) is 0 Å². The van der Waals surface area contributed by atoms with Crippen LogP contribution in [0.2, 0.25) is 0 Å². The van der Waals surface area contributed by atoms with Gasteiger partial charge in [-0.05, 0) is 0 Å². The SMILES string of the molecule is CN(C)CC[O][Ge]([Cl])([O]CCN(C)C)[c]1ccccc1. The van der Waals surface area contributed by atoms with Gasteiger partial charge in [-0.15, -0.1) is 0 Å². The Balaban J connectivity index is 2.67. The van der Waals surface area contributed by atoms with E-state index in [2.05, 4.69) is 9.80 Å². The predicted octanol–water partition coefficient (Wildman–Crippen LogP) is 1.23. The van der Waals surface area contributed by atoms with Crippen LogP contribution in [-0.4, -0.2) is 77.3 Å². The average molecular weight is 361 g/mol. The zero-order chi connectivity index (χ0) is 15.0. The number of halogens is 1. The molecule has 0 heterocycles. The van der Waals surface area contributed by atoms with Crippen molar-refractivity contribution in [2.24, 2.45) is 0 Å². The van der Waals surface area contributed by atoms with Crippen molar-refractivity contribution in [1.29, 1.82) is 0 Å². The van der Waals surface area contributed by atoms with Gasteiger partial charge in [0.15, 0.2) is 0 Å². The summed E-state index contributed by atoms with van der Waals surface area (Å²) in [5.41, 5.74) is 0. The van der Waals surface area contributed by atoms with Gasteiger partial charge in [0.05, 0.1) is 0 Å². The van der Waals surface area contributed by atoms with E-state index in [0.29, 0.717) is 13.2 Å². The number of benzene rings is 1. The van der Waals surface area contributed by atoms with Crippen LogP contribution >= 0.6 is 10.0 Å². The average Bonchev–Trinajstić information content (AvgIpc) is 2.39. The molecule has 1 aromatic rings. The number of likely N-dealkylation sites (N-methyl/N-ethyl adjacent to an activating group) is 2. The molecule has 0 aromatic heterocycles. The van der Waals surface area contributed by atoms with Crippen LogP contribution in [-0.2, 0) is 7.53 Å². The number of hydrogen-bond acceptors (Lipinski definition) is 4.